The lowest BCUT2D eigenvalue weighted by atomic mass is 10.2. The van der Waals surface area contributed by atoms with E-state index in [0.717, 1.165) is 11.3 Å². The van der Waals surface area contributed by atoms with E-state index in [2.05, 4.69) is 5.32 Å². The fourth-order valence-corrected chi connectivity index (χ4v) is 2.86. The molecule has 0 fully saturated rings. The van der Waals surface area contributed by atoms with Gasteiger partial charge >= 0.3 is 6.03 Å². The van der Waals surface area contributed by atoms with E-state index in [1.807, 2.05) is 63.2 Å². The van der Waals surface area contributed by atoms with Crippen molar-refractivity contribution >= 4 is 11.9 Å². The largest absolute Gasteiger partial charge is 0.464 e. The molecule has 0 saturated carbocycles. The van der Waals surface area contributed by atoms with Crippen LogP contribution in [0, 0.1) is 6.92 Å². The number of methoxy groups -OCH3 is 1. The lowest BCUT2D eigenvalue weighted by Gasteiger charge is -2.29. The minimum absolute atomic E-state index is 0.0122. The second kappa shape index (κ2) is 11.3. The van der Waals surface area contributed by atoms with E-state index in [0.29, 0.717) is 32.0 Å². The molecule has 1 aromatic carbocycles. The number of amides is 3. The zero-order valence-corrected chi connectivity index (χ0v) is 17.7. The summed E-state index contributed by atoms with van der Waals surface area (Å²) in [7, 11) is 1.59. The Morgan fingerprint density at radius 2 is 1.86 bits per heavy atom. The third-order valence-electron chi connectivity index (χ3n) is 4.54. The van der Waals surface area contributed by atoms with E-state index in [4.69, 9.17) is 9.15 Å². The van der Waals surface area contributed by atoms with E-state index < -0.39 is 0 Å². The molecule has 0 saturated heterocycles. The zero-order valence-electron chi connectivity index (χ0n) is 17.7. The van der Waals surface area contributed by atoms with Crippen LogP contribution in [0.3, 0.4) is 0 Å². The highest BCUT2D eigenvalue weighted by molar-refractivity contribution is 5.84. The van der Waals surface area contributed by atoms with Gasteiger partial charge in [0.15, 0.2) is 0 Å². The fraction of sp³-hybridized carbons (Fsp3) is 0.455. The van der Waals surface area contributed by atoms with Crippen molar-refractivity contribution in [1.29, 1.82) is 0 Å². The summed E-state index contributed by atoms with van der Waals surface area (Å²) in [6.45, 7) is 7.23. The van der Waals surface area contributed by atoms with E-state index in [-0.39, 0.29) is 24.5 Å². The van der Waals surface area contributed by atoms with Gasteiger partial charge < -0.3 is 24.3 Å². The monoisotopic (exact) mass is 401 g/mol. The molecule has 1 heterocycles. The van der Waals surface area contributed by atoms with Crippen LogP contribution in [0.4, 0.5) is 4.79 Å². The van der Waals surface area contributed by atoms with Gasteiger partial charge in [0.1, 0.15) is 18.1 Å². The predicted molar refractivity (Wildman–Crippen MR) is 111 cm³/mol. The van der Waals surface area contributed by atoms with Crippen molar-refractivity contribution in [1.82, 2.24) is 15.1 Å². The number of ether oxygens (including phenoxy) is 1. The summed E-state index contributed by atoms with van der Waals surface area (Å²) >= 11 is 0. The van der Waals surface area contributed by atoms with Gasteiger partial charge in [-0.1, -0.05) is 30.3 Å². The van der Waals surface area contributed by atoms with Crippen LogP contribution in [0.1, 0.15) is 30.9 Å². The van der Waals surface area contributed by atoms with E-state index in [1.54, 1.807) is 16.9 Å². The van der Waals surface area contributed by atoms with Crippen LogP contribution in [0.15, 0.2) is 46.9 Å². The van der Waals surface area contributed by atoms with Crippen molar-refractivity contribution in [2.24, 2.45) is 0 Å². The Morgan fingerprint density at radius 1 is 1.14 bits per heavy atom. The average molecular weight is 402 g/mol. The van der Waals surface area contributed by atoms with Gasteiger partial charge in [0, 0.05) is 26.2 Å². The minimum atomic E-state index is -0.266. The molecule has 0 aliphatic heterocycles. The molecule has 0 bridgehead atoms. The fourth-order valence-electron chi connectivity index (χ4n) is 2.86. The molecule has 1 aromatic heterocycles. The zero-order chi connectivity index (χ0) is 21.2. The molecule has 1 N–H and O–H groups in total. The number of furan rings is 1. The Bertz CT molecular complexity index is 773. The summed E-state index contributed by atoms with van der Waals surface area (Å²) in [6.07, 6.45) is 0. The van der Waals surface area contributed by atoms with Crippen LogP contribution < -0.4 is 5.32 Å². The van der Waals surface area contributed by atoms with Crippen molar-refractivity contribution in [3.8, 4) is 0 Å². The number of hydrogen-bond donors (Lipinski definition) is 1. The highest BCUT2D eigenvalue weighted by atomic mass is 16.5. The SMILES string of the molecule is COCCN(Cc1ccc(C)o1)C(=O)CN(C(=O)NCc1ccccc1)C(C)C. The number of aryl methyl sites for hydroxylation is 1. The standard InChI is InChI=1S/C22H31N3O4/c1-17(2)25(22(27)23-14-19-8-6-5-7-9-19)16-21(26)24(12-13-28-4)15-20-11-10-18(3)29-20/h5-11,17H,12-16H2,1-4H3,(H,23,27). The Morgan fingerprint density at radius 3 is 2.45 bits per heavy atom. The second-order valence-corrected chi connectivity index (χ2v) is 7.19. The van der Waals surface area contributed by atoms with Gasteiger partial charge in [-0.15, -0.1) is 0 Å². The Hall–Kier alpha value is -2.80. The van der Waals surface area contributed by atoms with Gasteiger partial charge in [0.25, 0.3) is 0 Å². The van der Waals surface area contributed by atoms with Gasteiger partial charge in [0.2, 0.25) is 5.91 Å². The topological polar surface area (TPSA) is 75.0 Å². The van der Waals surface area contributed by atoms with Crippen LogP contribution in [-0.4, -0.2) is 54.6 Å². The van der Waals surface area contributed by atoms with Crippen molar-refractivity contribution < 1.29 is 18.7 Å². The van der Waals surface area contributed by atoms with E-state index in [9.17, 15) is 9.59 Å². The molecule has 0 aliphatic carbocycles. The Kier molecular flexibility index (Phi) is 8.73. The number of hydrogen-bond acceptors (Lipinski definition) is 4. The highest BCUT2D eigenvalue weighted by Crippen LogP contribution is 2.11. The quantitative estimate of drug-likeness (QED) is 0.663. The van der Waals surface area contributed by atoms with Crippen molar-refractivity contribution in [3.05, 3.63) is 59.5 Å². The first-order chi connectivity index (χ1) is 13.9. The molecule has 0 aliphatic rings. The van der Waals surface area contributed by atoms with Crippen LogP contribution in [0.25, 0.3) is 0 Å². The number of nitrogens with one attached hydrogen (secondary N) is 1. The summed E-state index contributed by atoms with van der Waals surface area (Å²) in [5, 5.41) is 2.89. The molecule has 0 spiro atoms. The first kappa shape index (κ1) is 22.5. The smallest absolute Gasteiger partial charge is 0.318 e. The third kappa shape index (κ3) is 7.27. The Labute approximate surface area is 172 Å². The summed E-state index contributed by atoms with van der Waals surface area (Å²) in [6, 6.07) is 13.0. The lowest BCUT2D eigenvalue weighted by molar-refractivity contribution is -0.133. The first-order valence-corrected chi connectivity index (χ1v) is 9.81. The predicted octanol–water partition coefficient (Wildman–Crippen LogP) is 3.18. The van der Waals surface area contributed by atoms with E-state index in [1.165, 1.54) is 0 Å². The molecule has 2 aromatic rings. The number of urea groups is 1. The summed E-state index contributed by atoms with van der Waals surface area (Å²) < 4.78 is 10.7. The van der Waals surface area contributed by atoms with Crippen molar-refractivity contribution in [2.45, 2.75) is 39.9 Å². The van der Waals surface area contributed by atoms with Gasteiger partial charge in [-0.05, 0) is 38.5 Å². The molecule has 0 radical (unpaired) electrons. The van der Waals surface area contributed by atoms with Crippen LogP contribution in [0.2, 0.25) is 0 Å². The average Bonchev–Trinajstić information content (AvgIpc) is 3.12. The Balaban J connectivity index is 2.00. The number of carbonyl (C=O) groups excluding carboxylic acids is 2. The molecule has 29 heavy (non-hydrogen) atoms. The maximum absolute atomic E-state index is 13.0. The minimum Gasteiger partial charge on any atom is -0.464 e. The summed E-state index contributed by atoms with van der Waals surface area (Å²) in [5.41, 5.74) is 1.01. The van der Waals surface area contributed by atoms with Gasteiger partial charge in [-0.2, -0.15) is 0 Å². The van der Waals surface area contributed by atoms with Crippen LogP contribution in [-0.2, 0) is 22.6 Å². The molecule has 3 amide bonds. The second-order valence-electron chi connectivity index (χ2n) is 7.19. The molecular formula is C22H31N3O4. The van der Waals surface area contributed by atoms with Crippen LogP contribution >= 0.6 is 0 Å². The number of carbonyl (C=O) groups is 2. The summed E-state index contributed by atoms with van der Waals surface area (Å²) in [5.74, 6) is 1.35. The first-order valence-electron chi connectivity index (χ1n) is 9.81. The summed E-state index contributed by atoms with van der Waals surface area (Å²) in [4.78, 5) is 28.8. The normalized spacial score (nSPS) is 10.8. The number of rotatable bonds is 10. The van der Waals surface area contributed by atoms with Gasteiger partial charge in [-0.3, -0.25) is 4.79 Å². The van der Waals surface area contributed by atoms with Gasteiger partial charge in [-0.25, -0.2) is 4.79 Å². The molecule has 2 rings (SSSR count). The van der Waals surface area contributed by atoms with Gasteiger partial charge in [0.05, 0.1) is 13.2 Å². The molecular weight excluding hydrogens is 370 g/mol. The van der Waals surface area contributed by atoms with Crippen molar-refractivity contribution in [3.63, 3.8) is 0 Å². The molecule has 0 unspecified atom stereocenters. The van der Waals surface area contributed by atoms with E-state index >= 15 is 0 Å². The maximum Gasteiger partial charge on any atom is 0.318 e. The highest BCUT2D eigenvalue weighted by Gasteiger charge is 2.24. The molecule has 7 nitrogen and oxygen atoms in total. The van der Waals surface area contributed by atoms with Crippen LogP contribution in [0.5, 0.6) is 0 Å². The third-order valence-corrected chi connectivity index (χ3v) is 4.54. The van der Waals surface area contributed by atoms with Crippen molar-refractivity contribution in [2.75, 3.05) is 26.8 Å². The number of benzene rings is 1. The molecule has 0 atom stereocenters. The molecule has 158 valence electrons. The number of nitrogens with zero attached hydrogens (tertiary/aromatic N) is 2. The maximum atomic E-state index is 13.0. The lowest BCUT2D eigenvalue weighted by Crippen LogP contribution is -2.49. The molecule has 7 heteroatoms.